The van der Waals surface area contributed by atoms with Crippen LogP contribution in [0.4, 0.5) is 10.5 Å². The van der Waals surface area contributed by atoms with E-state index in [1.165, 1.54) is 0 Å². The number of pyridine rings is 1. The minimum absolute atomic E-state index is 0.353. The molecule has 0 saturated carbocycles. The van der Waals surface area contributed by atoms with Gasteiger partial charge in [0.05, 0.1) is 17.5 Å². The van der Waals surface area contributed by atoms with E-state index in [0.29, 0.717) is 18.7 Å². The number of fused-ring (bicyclic) bond motifs is 1. The van der Waals surface area contributed by atoms with Crippen molar-refractivity contribution in [1.82, 2.24) is 4.98 Å². The second kappa shape index (κ2) is 4.81. The molecule has 1 aliphatic heterocycles. The molecule has 1 amide bonds. The molecule has 0 saturated heterocycles. The second-order valence-electron chi connectivity index (χ2n) is 5.75. The van der Waals surface area contributed by atoms with Crippen LogP contribution in [0.1, 0.15) is 45.1 Å². The van der Waals surface area contributed by atoms with Crippen LogP contribution in [0, 0.1) is 0 Å². The fourth-order valence-electron chi connectivity index (χ4n) is 2.22. The minimum atomic E-state index is -0.631. The Hall–Kier alpha value is -1.62. The molecule has 0 aromatic carbocycles. The molecule has 2 rings (SSSR count). The van der Waals surface area contributed by atoms with Crippen LogP contribution in [0.3, 0.4) is 0 Å². The third-order valence-electron chi connectivity index (χ3n) is 2.95. The molecular weight excluding hydrogens is 244 g/mol. The van der Waals surface area contributed by atoms with Gasteiger partial charge in [0.15, 0.2) is 0 Å². The van der Waals surface area contributed by atoms with Crippen molar-refractivity contribution in [3.05, 3.63) is 23.5 Å². The number of carbonyl (C=O) groups excluding carboxylic acids is 1. The van der Waals surface area contributed by atoms with Gasteiger partial charge in [-0.1, -0.05) is 0 Å². The Morgan fingerprint density at radius 1 is 1.53 bits per heavy atom. The number of hydrogen-bond acceptors (Lipinski definition) is 4. The summed E-state index contributed by atoms with van der Waals surface area (Å²) in [5.41, 5.74) is 1.85. The van der Waals surface area contributed by atoms with Crippen molar-refractivity contribution in [3.8, 4) is 0 Å². The first-order chi connectivity index (χ1) is 8.79. The molecule has 0 fully saturated rings. The van der Waals surface area contributed by atoms with Crippen molar-refractivity contribution in [2.24, 2.45) is 0 Å². The molecule has 1 atom stereocenters. The van der Waals surface area contributed by atoms with E-state index in [1.54, 1.807) is 24.1 Å². The summed E-state index contributed by atoms with van der Waals surface area (Å²) in [6.45, 7) is 7.77. The molecule has 5 nitrogen and oxygen atoms in total. The first-order valence-electron chi connectivity index (χ1n) is 6.46. The number of aliphatic hydroxyl groups excluding tert-OH is 1. The van der Waals surface area contributed by atoms with E-state index in [4.69, 9.17) is 4.74 Å². The van der Waals surface area contributed by atoms with Crippen LogP contribution in [0.2, 0.25) is 0 Å². The molecule has 1 aromatic rings. The number of amides is 1. The fourth-order valence-corrected chi connectivity index (χ4v) is 2.22. The maximum atomic E-state index is 12.1. The largest absolute Gasteiger partial charge is 0.443 e. The van der Waals surface area contributed by atoms with Gasteiger partial charge in [-0.15, -0.1) is 0 Å². The van der Waals surface area contributed by atoms with Gasteiger partial charge in [0.2, 0.25) is 0 Å². The number of hydrogen-bond donors (Lipinski definition) is 1. The Morgan fingerprint density at radius 2 is 2.21 bits per heavy atom. The lowest BCUT2D eigenvalue weighted by Gasteiger charge is -2.24. The maximum absolute atomic E-state index is 12.1. The standard InChI is InChI=1S/C14H20N2O3/c1-9(17)12-10-6-8-16(11(10)5-7-15-12)13(18)19-14(2,3)4/h5,7,9,17H,6,8H2,1-4H3. The highest BCUT2D eigenvalue weighted by Gasteiger charge is 2.31. The van der Waals surface area contributed by atoms with Gasteiger partial charge in [-0.25, -0.2) is 4.79 Å². The predicted octanol–water partition coefficient (Wildman–Crippen LogP) is 2.43. The highest BCUT2D eigenvalue weighted by atomic mass is 16.6. The van der Waals surface area contributed by atoms with Crippen LogP contribution >= 0.6 is 0 Å². The lowest BCUT2D eigenvalue weighted by atomic mass is 10.1. The summed E-state index contributed by atoms with van der Waals surface area (Å²) in [4.78, 5) is 17.9. The Morgan fingerprint density at radius 3 is 2.79 bits per heavy atom. The van der Waals surface area contributed by atoms with Crippen molar-refractivity contribution >= 4 is 11.8 Å². The minimum Gasteiger partial charge on any atom is -0.443 e. The molecule has 0 radical (unpaired) electrons. The van der Waals surface area contributed by atoms with Crippen LogP contribution < -0.4 is 4.90 Å². The Balaban J connectivity index is 2.28. The van der Waals surface area contributed by atoms with Gasteiger partial charge in [-0.2, -0.15) is 0 Å². The summed E-state index contributed by atoms with van der Waals surface area (Å²) in [6.07, 6.45) is 1.33. The van der Waals surface area contributed by atoms with Gasteiger partial charge < -0.3 is 9.84 Å². The number of aliphatic hydroxyl groups is 1. The molecule has 2 heterocycles. The van der Waals surface area contributed by atoms with Gasteiger partial charge in [-0.3, -0.25) is 9.88 Å². The van der Waals surface area contributed by atoms with E-state index in [0.717, 1.165) is 11.3 Å². The summed E-state index contributed by atoms with van der Waals surface area (Å²) in [6, 6.07) is 1.79. The number of carbonyl (C=O) groups is 1. The molecule has 19 heavy (non-hydrogen) atoms. The number of anilines is 1. The summed E-state index contributed by atoms with van der Waals surface area (Å²) >= 11 is 0. The van der Waals surface area contributed by atoms with Gasteiger partial charge >= 0.3 is 6.09 Å². The van der Waals surface area contributed by atoms with Crippen LogP contribution in [-0.4, -0.2) is 28.3 Å². The zero-order chi connectivity index (χ0) is 14.2. The molecule has 5 heteroatoms. The van der Waals surface area contributed by atoms with E-state index in [-0.39, 0.29) is 6.09 Å². The average molecular weight is 264 g/mol. The summed E-state index contributed by atoms with van der Waals surface area (Å²) in [7, 11) is 0. The first kappa shape index (κ1) is 13.8. The molecule has 0 aliphatic carbocycles. The zero-order valence-electron chi connectivity index (χ0n) is 11.8. The highest BCUT2D eigenvalue weighted by molar-refractivity contribution is 5.90. The zero-order valence-corrected chi connectivity index (χ0v) is 11.8. The average Bonchev–Trinajstić information content (AvgIpc) is 2.69. The number of rotatable bonds is 1. The first-order valence-corrected chi connectivity index (χ1v) is 6.46. The molecule has 0 bridgehead atoms. The Kier molecular flexibility index (Phi) is 3.49. The van der Waals surface area contributed by atoms with E-state index in [1.807, 2.05) is 20.8 Å². The number of ether oxygens (including phenoxy) is 1. The quantitative estimate of drug-likeness (QED) is 0.846. The number of aromatic nitrogens is 1. The summed E-state index contributed by atoms with van der Waals surface area (Å²) < 4.78 is 5.38. The molecule has 1 aromatic heterocycles. The predicted molar refractivity (Wildman–Crippen MR) is 72.2 cm³/mol. The normalized spacial score (nSPS) is 16.2. The van der Waals surface area contributed by atoms with Crippen LogP contribution in [0.5, 0.6) is 0 Å². The van der Waals surface area contributed by atoms with Crippen LogP contribution in [0.25, 0.3) is 0 Å². The van der Waals surface area contributed by atoms with Gasteiger partial charge in [-0.05, 0) is 40.2 Å². The molecule has 1 N–H and O–H groups in total. The lowest BCUT2D eigenvalue weighted by molar-refractivity contribution is 0.0584. The topological polar surface area (TPSA) is 62.7 Å². The maximum Gasteiger partial charge on any atom is 0.414 e. The molecule has 1 unspecified atom stereocenters. The monoisotopic (exact) mass is 264 g/mol. The molecule has 1 aliphatic rings. The van der Waals surface area contributed by atoms with Gasteiger partial charge in [0, 0.05) is 18.3 Å². The van der Waals surface area contributed by atoms with Crippen molar-refractivity contribution in [2.75, 3.05) is 11.4 Å². The van der Waals surface area contributed by atoms with Crippen molar-refractivity contribution in [2.45, 2.75) is 45.8 Å². The lowest BCUT2D eigenvalue weighted by Crippen LogP contribution is -2.35. The fraction of sp³-hybridized carbons (Fsp3) is 0.571. The van der Waals surface area contributed by atoms with Gasteiger partial charge in [0.25, 0.3) is 0 Å². The van der Waals surface area contributed by atoms with Crippen LogP contribution in [0.15, 0.2) is 12.3 Å². The second-order valence-corrected chi connectivity index (χ2v) is 5.75. The van der Waals surface area contributed by atoms with E-state index in [2.05, 4.69) is 4.98 Å². The molecule has 0 spiro atoms. The van der Waals surface area contributed by atoms with Crippen molar-refractivity contribution in [3.63, 3.8) is 0 Å². The number of nitrogens with zero attached hydrogens (tertiary/aromatic N) is 2. The summed E-state index contributed by atoms with van der Waals surface area (Å²) in [5, 5.41) is 9.70. The third kappa shape index (κ3) is 2.87. The molecular formula is C14H20N2O3. The smallest absolute Gasteiger partial charge is 0.414 e. The van der Waals surface area contributed by atoms with E-state index in [9.17, 15) is 9.90 Å². The van der Waals surface area contributed by atoms with E-state index < -0.39 is 11.7 Å². The van der Waals surface area contributed by atoms with Crippen molar-refractivity contribution < 1.29 is 14.6 Å². The SMILES string of the molecule is CC(O)c1nccc2c1CCN2C(=O)OC(C)(C)C. The Labute approximate surface area is 113 Å². The summed E-state index contributed by atoms with van der Waals surface area (Å²) in [5.74, 6) is 0. The van der Waals surface area contributed by atoms with Gasteiger partial charge in [0.1, 0.15) is 5.60 Å². The van der Waals surface area contributed by atoms with Crippen LogP contribution in [-0.2, 0) is 11.2 Å². The highest BCUT2D eigenvalue weighted by Crippen LogP contribution is 2.33. The third-order valence-corrected chi connectivity index (χ3v) is 2.95. The van der Waals surface area contributed by atoms with Crippen molar-refractivity contribution in [1.29, 1.82) is 0 Å². The molecule has 104 valence electrons. The van der Waals surface area contributed by atoms with E-state index >= 15 is 0 Å². The Bertz CT molecular complexity index is 492.